The highest BCUT2D eigenvalue weighted by atomic mass is 35.5. The fourth-order valence-electron chi connectivity index (χ4n) is 2.16. The summed E-state index contributed by atoms with van der Waals surface area (Å²) in [6, 6.07) is 2.02. The molecule has 0 aromatic carbocycles. The van der Waals surface area contributed by atoms with Crippen LogP contribution in [0.2, 0.25) is 0 Å². The molecule has 2 heterocycles. The minimum absolute atomic E-state index is 0. The zero-order chi connectivity index (χ0) is 11.7. The molecule has 1 amide bonds. The molecule has 1 saturated heterocycles. The lowest BCUT2D eigenvalue weighted by Crippen LogP contribution is -2.40. The van der Waals surface area contributed by atoms with Gasteiger partial charge in [0.15, 0.2) is 5.69 Å². The van der Waals surface area contributed by atoms with Gasteiger partial charge in [-0.05, 0) is 25.8 Å². The minimum Gasteiger partial charge on any atom is -0.333 e. The number of nitrogens with two attached hydrogens (primary N) is 1. The van der Waals surface area contributed by atoms with Crippen molar-refractivity contribution in [3.05, 3.63) is 17.5 Å². The predicted octanol–water partition coefficient (Wildman–Crippen LogP) is 0.714. The number of aryl methyl sites for hydroxylation is 2. The number of carbonyl (C=O) groups excluding carboxylic acids is 1. The maximum atomic E-state index is 12.2. The lowest BCUT2D eigenvalue weighted by Gasteiger charge is -2.22. The van der Waals surface area contributed by atoms with Crippen LogP contribution in [0.25, 0.3) is 0 Å². The maximum absolute atomic E-state index is 12.2. The zero-order valence-corrected chi connectivity index (χ0v) is 11.0. The van der Waals surface area contributed by atoms with E-state index in [4.69, 9.17) is 5.73 Å². The van der Waals surface area contributed by atoms with Crippen LogP contribution in [0.5, 0.6) is 0 Å². The fraction of sp³-hybridized carbons (Fsp3) is 0.636. The quantitative estimate of drug-likeness (QED) is 0.850. The normalized spacial score (nSPS) is 19.2. The smallest absolute Gasteiger partial charge is 0.274 e. The van der Waals surface area contributed by atoms with E-state index in [1.54, 1.807) is 4.68 Å². The van der Waals surface area contributed by atoms with E-state index in [0.717, 1.165) is 25.1 Å². The van der Waals surface area contributed by atoms with Gasteiger partial charge >= 0.3 is 0 Å². The molecule has 0 spiro atoms. The molecule has 1 aliphatic rings. The van der Waals surface area contributed by atoms with Gasteiger partial charge < -0.3 is 10.6 Å². The highest BCUT2D eigenvalue weighted by molar-refractivity contribution is 5.92. The van der Waals surface area contributed by atoms with E-state index in [-0.39, 0.29) is 24.4 Å². The van der Waals surface area contributed by atoms with Crippen molar-refractivity contribution in [2.45, 2.75) is 25.8 Å². The van der Waals surface area contributed by atoms with Crippen LogP contribution in [0.3, 0.4) is 0 Å². The average molecular weight is 259 g/mol. The van der Waals surface area contributed by atoms with E-state index in [2.05, 4.69) is 5.10 Å². The van der Waals surface area contributed by atoms with E-state index in [0.29, 0.717) is 12.2 Å². The Labute approximate surface area is 107 Å². The average Bonchev–Trinajstić information content (AvgIpc) is 2.85. The highest BCUT2D eigenvalue weighted by Gasteiger charge is 2.29. The van der Waals surface area contributed by atoms with Gasteiger partial charge in [-0.1, -0.05) is 0 Å². The van der Waals surface area contributed by atoms with Crippen LogP contribution in [-0.4, -0.2) is 39.7 Å². The number of hydrogen-bond donors (Lipinski definition) is 1. The van der Waals surface area contributed by atoms with E-state index in [1.165, 1.54) is 0 Å². The number of carbonyl (C=O) groups is 1. The molecule has 0 saturated carbocycles. The van der Waals surface area contributed by atoms with E-state index in [9.17, 15) is 4.79 Å². The summed E-state index contributed by atoms with van der Waals surface area (Å²) >= 11 is 0. The fourth-order valence-corrected chi connectivity index (χ4v) is 2.16. The molecule has 96 valence electrons. The number of hydrogen-bond acceptors (Lipinski definition) is 3. The Bertz CT molecular complexity index is 385. The number of amides is 1. The first kappa shape index (κ1) is 14.0. The number of nitrogens with zero attached hydrogens (tertiary/aromatic N) is 3. The van der Waals surface area contributed by atoms with E-state index < -0.39 is 0 Å². The molecule has 1 aliphatic heterocycles. The van der Waals surface area contributed by atoms with Crippen molar-refractivity contribution in [3.8, 4) is 0 Å². The lowest BCUT2D eigenvalue weighted by atomic mass is 10.2. The Morgan fingerprint density at radius 1 is 1.65 bits per heavy atom. The lowest BCUT2D eigenvalue weighted by molar-refractivity contribution is 0.0734. The third-order valence-electron chi connectivity index (χ3n) is 3.24. The summed E-state index contributed by atoms with van der Waals surface area (Å²) in [5.74, 6) is 0.0108. The highest BCUT2D eigenvalue weighted by Crippen LogP contribution is 2.18. The number of rotatable bonds is 2. The molecule has 0 radical (unpaired) electrons. The van der Waals surface area contributed by atoms with Crippen LogP contribution >= 0.6 is 12.4 Å². The van der Waals surface area contributed by atoms with Crippen molar-refractivity contribution >= 4 is 18.3 Å². The number of aromatic nitrogens is 2. The monoisotopic (exact) mass is 258 g/mol. The SMILES string of the molecule is Cc1cc(C(=O)N2CCCC2CN)nn1C.Cl. The summed E-state index contributed by atoms with van der Waals surface area (Å²) < 4.78 is 1.72. The van der Waals surface area contributed by atoms with Gasteiger partial charge in [-0.3, -0.25) is 9.48 Å². The summed E-state index contributed by atoms with van der Waals surface area (Å²) in [6.45, 7) is 3.28. The first-order valence-corrected chi connectivity index (χ1v) is 5.65. The van der Waals surface area contributed by atoms with Crippen molar-refractivity contribution in [2.24, 2.45) is 12.8 Å². The van der Waals surface area contributed by atoms with Gasteiger partial charge in [0.25, 0.3) is 5.91 Å². The molecule has 1 atom stereocenters. The first-order chi connectivity index (χ1) is 7.63. The van der Waals surface area contributed by atoms with Gasteiger partial charge in [-0.25, -0.2) is 0 Å². The van der Waals surface area contributed by atoms with Crippen molar-refractivity contribution in [2.75, 3.05) is 13.1 Å². The van der Waals surface area contributed by atoms with Crippen molar-refractivity contribution in [3.63, 3.8) is 0 Å². The molecule has 1 aromatic rings. The van der Waals surface area contributed by atoms with Gasteiger partial charge in [0.05, 0.1) is 0 Å². The Kier molecular flexibility index (Phi) is 4.54. The molecule has 1 aromatic heterocycles. The summed E-state index contributed by atoms with van der Waals surface area (Å²) in [6.07, 6.45) is 2.05. The van der Waals surface area contributed by atoms with Gasteiger partial charge in [-0.2, -0.15) is 5.10 Å². The van der Waals surface area contributed by atoms with Gasteiger partial charge in [0, 0.05) is 31.9 Å². The predicted molar refractivity (Wildman–Crippen MR) is 68.3 cm³/mol. The van der Waals surface area contributed by atoms with Gasteiger partial charge in [0.1, 0.15) is 0 Å². The third kappa shape index (κ3) is 2.61. The van der Waals surface area contributed by atoms with Gasteiger partial charge in [0.2, 0.25) is 0 Å². The number of halogens is 1. The van der Waals surface area contributed by atoms with Crippen molar-refractivity contribution in [1.82, 2.24) is 14.7 Å². The molecule has 2 N–H and O–H groups in total. The topological polar surface area (TPSA) is 64.2 Å². The minimum atomic E-state index is 0. The second-order valence-corrected chi connectivity index (χ2v) is 4.32. The number of likely N-dealkylation sites (tertiary alicyclic amines) is 1. The van der Waals surface area contributed by atoms with Gasteiger partial charge in [-0.15, -0.1) is 12.4 Å². The van der Waals surface area contributed by atoms with Crippen LogP contribution in [-0.2, 0) is 7.05 Å². The Balaban J connectivity index is 0.00000144. The molecule has 0 bridgehead atoms. The maximum Gasteiger partial charge on any atom is 0.274 e. The summed E-state index contributed by atoms with van der Waals surface area (Å²) in [4.78, 5) is 14.0. The van der Waals surface area contributed by atoms with Crippen molar-refractivity contribution < 1.29 is 4.79 Å². The standard InChI is InChI=1S/C11H18N4O.ClH/c1-8-6-10(13-14(8)2)11(16)15-5-3-4-9(15)7-12;/h6,9H,3-5,7,12H2,1-2H3;1H. The molecular weight excluding hydrogens is 240 g/mol. The summed E-state index contributed by atoms with van der Waals surface area (Å²) in [7, 11) is 1.84. The second-order valence-electron chi connectivity index (χ2n) is 4.32. The first-order valence-electron chi connectivity index (χ1n) is 5.65. The largest absolute Gasteiger partial charge is 0.333 e. The van der Waals surface area contributed by atoms with Crippen LogP contribution in [0.15, 0.2) is 6.07 Å². The van der Waals surface area contributed by atoms with Crippen LogP contribution < -0.4 is 5.73 Å². The van der Waals surface area contributed by atoms with E-state index in [1.807, 2.05) is 24.9 Å². The Hall–Kier alpha value is -1.07. The molecule has 1 unspecified atom stereocenters. The molecule has 1 fully saturated rings. The van der Waals surface area contributed by atoms with Crippen LogP contribution in [0, 0.1) is 6.92 Å². The molecule has 2 rings (SSSR count). The zero-order valence-electron chi connectivity index (χ0n) is 10.2. The van der Waals surface area contributed by atoms with E-state index >= 15 is 0 Å². The van der Waals surface area contributed by atoms with Crippen LogP contribution in [0.4, 0.5) is 0 Å². The Morgan fingerprint density at radius 3 is 2.88 bits per heavy atom. The second kappa shape index (κ2) is 5.51. The molecule has 17 heavy (non-hydrogen) atoms. The third-order valence-corrected chi connectivity index (χ3v) is 3.24. The van der Waals surface area contributed by atoms with Crippen molar-refractivity contribution in [1.29, 1.82) is 0 Å². The molecule has 0 aliphatic carbocycles. The van der Waals surface area contributed by atoms with Crippen LogP contribution in [0.1, 0.15) is 29.0 Å². The molecular formula is C11H19ClN4O. The summed E-state index contributed by atoms with van der Waals surface area (Å²) in [5, 5.41) is 4.21. The molecule has 6 heteroatoms. The Morgan fingerprint density at radius 2 is 2.35 bits per heavy atom. The summed E-state index contributed by atoms with van der Waals surface area (Å²) in [5.41, 5.74) is 7.18. The molecule has 5 nitrogen and oxygen atoms in total.